The van der Waals surface area contributed by atoms with Crippen molar-refractivity contribution in [2.75, 3.05) is 45.5 Å². The van der Waals surface area contributed by atoms with Gasteiger partial charge in [0, 0.05) is 36.4 Å². The van der Waals surface area contributed by atoms with E-state index in [1.165, 1.54) is 10.6 Å². The molecule has 0 bridgehead atoms. The van der Waals surface area contributed by atoms with Crippen molar-refractivity contribution < 1.29 is 9.15 Å². The van der Waals surface area contributed by atoms with E-state index in [0.29, 0.717) is 0 Å². The summed E-state index contributed by atoms with van der Waals surface area (Å²) in [7, 11) is 7.77. The van der Waals surface area contributed by atoms with Gasteiger partial charge in [-0.25, -0.2) is 9.56 Å². The molecule has 0 radical (unpaired) electrons. The lowest BCUT2D eigenvalue weighted by Crippen LogP contribution is -2.24. The molecule has 2 aliphatic heterocycles. The molecule has 5 nitrogen and oxygen atoms in total. The highest BCUT2D eigenvalue weighted by molar-refractivity contribution is 7.99. The second kappa shape index (κ2) is 5.70. The summed E-state index contributed by atoms with van der Waals surface area (Å²) in [6, 6.07) is 8.15. The number of benzene rings is 2. The molecule has 0 atom stereocenters. The van der Waals surface area contributed by atoms with Gasteiger partial charge in [0.1, 0.15) is 25.3 Å². The van der Waals surface area contributed by atoms with E-state index in [4.69, 9.17) is 14.1 Å². The van der Waals surface area contributed by atoms with Crippen molar-refractivity contribution in [3.63, 3.8) is 0 Å². The number of methoxy groups -OCH3 is 1. The average molecular weight is 342 g/mol. The SMILES string of the molecule is COc1cc2nc3cc4c(cc3oc-2cc1=[N+](C)C)N(C)CCS4. The Kier molecular flexibility index (Phi) is 3.64. The van der Waals surface area contributed by atoms with Gasteiger partial charge in [-0.15, -0.1) is 11.8 Å². The Morgan fingerprint density at radius 1 is 1.25 bits per heavy atom. The molecule has 0 N–H and O–H groups in total. The molecule has 4 rings (SSSR count). The summed E-state index contributed by atoms with van der Waals surface area (Å²) in [5, 5.41) is 0.973. The van der Waals surface area contributed by atoms with Gasteiger partial charge in [0.2, 0.25) is 5.36 Å². The Morgan fingerprint density at radius 2 is 2.08 bits per heavy atom. The van der Waals surface area contributed by atoms with E-state index in [1.807, 2.05) is 42.6 Å². The van der Waals surface area contributed by atoms with Gasteiger partial charge in [0.25, 0.3) is 0 Å². The highest BCUT2D eigenvalue weighted by Gasteiger charge is 2.19. The molecule has 3 aliphatic rings. The fourth-order valence-electron chi connectivity index (χ4n) is 3.00. The van der Waals surface area contributed by atoms with E-state index in [1.54, 1.807) is 7.11 Å². The molecule has 2 heterocycles. The van der Waals surface area contributed by atoms with Gasteiger partial charge in [-0.1, -0.05) is 0 Å². The minimum Gasteiger partial charge on any atom is -0.490 e. The normalized spacial score (nSPS) is 14.1. The number of hydrogen-bond donors (Lipinski definition) is 0. The van der Waals surface area contributed by atoms with Crippen LogP contribution in [-0.4, -0.2) is 45.5 Å². The Labute approximate surface area is 144 Å². The molecular formula is C18H20N3O2S+. The molecular weight excluding hydrogens is 322 g/mol. The molecule has 0 saturated carbocycles. The largest absolute Gasteiger partial charge is 0.490 e. The molecule has 1 aromatic carbocycles. The zero-order valence-corrected chi connectivity index (χ0v) is 15.1. The van der Waals surface area contributed by atoms with Crippen LogP contribution in [-0.2, 0) is 0 Å². The number of ether oxygens (including phenoxy) is 1. The quantitative estimate of drug-likeness (QED) is 0.502. The Hall–Kier alpha value is -2.21. The third kappa shape index (κ3) is 2.41. The third-order valence-electron chi connectivity index (χ3n) is 4.34. The number of fused-ring (bicyclic) bond motifs is 3. The number of thioether (sulfide) groups is 1. The summed E-state index contributed by atoms with van der Waals surface area (Å²) in [6.45, 7) is 1.05. The van der Waals surface area contributed by atoms with Crippen molar-refractivity contribution in [2.45, 2.75) is 4.90 Å². The molecule has 124 valence electrons. The maximum Gasteiger partial charge on any atom is 0.245 e. The first-order valence-corrected chi connectivity index (χ1v) is 8.86. The van der Waals surface area contributed by atoms with Gasteiger partial charge in [-0.3, -0.25) is 0 Å². The Balaban J connectivity index is 2.02. The van der Waals surface area contributed by atoms with Crippen LogP contribution in [0.1, 0.15) is 0 Å². The molecule has 6 heteroatoms. The van der Waals surface area contributed by atoms with Crippen LogP contribution in [0.15, 0.2) is 33.6 Å². The fourth-order valence-corrected chi connectivity index (χ4v) is 4.15. The summed E-state index contributed by atoms with van der Waals surface area (Å²) in [4.78, 5) is 8.32. The maximum absolute atomic E-state index is 6.17. The lowest BCUT2D eigenvalue weighted by atomic mass is 10.2. The van der Waals surface area contributed by atoms with E-state index < -0.39 is 0 Å². The van der Waals surface area contributed by atoms with Crippen molar-refractivity contribution in [3.8, 4) is 17.2 Å². The first kappa shape index (κ1) is 15.3. The van der Waals surface area contributed by atoms with Gasteiger partial charge in [-0.2, -0.15) is 0 Å². The molecule has 0 amide bonds. The monoisotopic (exact) mass is 342 g/mol. The minimum atomic E-state index is 0.762. The van der Waals surface area contributed by atoms with Crippen molar-refractivity contribution in [1.82, 2.24) is 9.56 Å². The van der Waals surface area contributed by atoms with Gasteiger partial charge < -0.3 is 14.1 Å². The first-order chi connectivity index (χ1) is 11.6. The maximum atomic E-state index is 6.17. The van der Waals surface area contributed by atoms with Gasteiger partial charge in [-0.05, 0) is 6.07 Å². The second-order valence-corrected chi connectivity index (χ2v) is 7.29. The second-order valence-electron chi connectivity index (χ2n) is 6.16. The van der Waals surface area contributed by atoms with Gasteiger partial charge in [0.15, 0.2) is 17.1 Å². The van der Waals surface area contributed by atoms with Crippen LogP contribution in [0.4, 0.5) is 5.69 Å². The Bertz CT molecular complexity index is 976. The molecule has 1 aromatic rings. The zero-order chi connectivity index (χ0) is 16.8. The van der Waals surface area contributed by atoms with E-state index in [9.17, 15) is 0 Å². The molecule has 1 aliphatic carbocycles. The van der Waals surface area contributed by atoms with E-state index in [0.717, 1.165) is 46.0 Å². The molecule has 0 fully saturated rings. The van der Waals surface area contributed by atoms with Crippen LogP contribution in [0.25, 0.3) is 22.6 Å². The summed E-state index contributed by atoms with van der Waals surface area (Å²) >= 11 is 1.87. The lowest BCUT2D eigenvalue weighted by Gasteiger charge is -2.27. The predicted octanol–water partition coefficient (Wildman–Crippen LogP) is 2.51. The van der Waals surface area contributed by atoms with Crippen LogP contribution in [0.3, 0.4) is 0 Å². The number of hydrogen-bond acceptors (Lipinski definition) is 5. The van der Waals surface area contributed by atoms with Crippen molar-refractivity contribution in [3.05, 3.63) is 29.6 Å². The lowest BCUT2D eigenvalue weighted by molar-refractivity contribution is 0.405. The summed E-state index contributed by atoms with van der Waals surface area (Å²) in [5.74, 6) is 2.65. The number of rotatable bonds is 1. The molecule has 0 unspecified atom stereocenters. The molecule has 0 spiro atoms. The standard InChI is InChI=1S/C18H20N3O2S/c1-20(2)13-9-15-11(7-17(13)22-4)19-12-8-18-14(10-16(12)23-15)21(3)5-6-24-18/h7-10H,5-6H2,1-4H3/q+1. The topological polar surface area (TPSA) is 41.5 Å². The Morgan fingerprint density at radius 3 is 2.83 bits per heavy atom. The summed E-state index contributed by atoms with van der Waals surface area (Å²) in [5.41, 5.74) is 3.71. The highest BCUT2D eigenvalue weighted by Crippen LogP contribution is 2.38. The number of nitrogens with zero attached hydrogens (tertiary/aromatic N) is 3. The number of aromatic nitrogens is 1. The van der Waals surface area contributed by atoms with Gasteiger partial charge >= 0.3 is 0 Å². The average Bonchev–Trinajstić information content (AvgIpc) is 2.57. The number of anilines is 1. The summed E-state index contributed by atoms with van der Waals surface area (Å²) in [6.07, 6.45) is 0. The third-order valence-corrected chi connectivity index (χ3v) is 5.36. The fraction of sp³-hybridized carbons (Fsp3) is 0.333. The van der Waals surface area contributed by atoms with E-state index in [-0.39, 0.29) is 0 Å². The van der Waals surface area contributed by atoms with E-state index >= 15 is 0 Å². The van der Waals surface area contributed by atoms with E-state index in [2.05, 4.69) is 24.1 Å². The van der Waals surface area contributed by atoms with Crippen LogP contribution in [0, 0.1) is 0 Å². The molecule has 0 saturated heterocycles. The van der Waals surface area contributed by atoms with Crippen LogP contribution in [0.2, 0.25) is 0 Å². The highest BCUT2D eigenvalue weighted by atomic mass is 32.2. The van der Waals surface area contributed by atoms with Crippen LogP contribution < -0.4 is 19.6 Å². The van der Waals surface area contributed by atoms with Gasteiger partial charge in [0.05, 0.1) is 18.9 Å². The predicted molar refractivity (Wildman–Crippen MR) is 98.3 cm³/mol. The minimum absolute atomic E-state index is 0.762. The summed E-state index contributed by atoms with van der Waals surface area (Å²) < 4.78 is 13.7. The van der Waals surface area contributed by atoms with Crippen LogP contribution in [0.5, 0.6) is 5.75 Å². The van der Waals surface area contributed by atoms with Crippen molar-refractivity contribution in [1.29, 1.82) is 0 Å². The molecule has 0 aromatic heterocycles. The first-order valence-electron chi connectivity index (χ1n) is 7.88. The van der Waals surface area contributed by atoms with Crippen molar-refractivity contribution in [2.24, 2.45) is 0 Å². The van der Waals surface area contributed by atoms with Crippen molar-refractivity contribution >= 4 is 28.5 Å². The molecule has 24 heavy (non-hydrogen) atoms. The van der Waals surface area contributed by atoms with Crippen LogP contribution >= 0.6 is 11.8 Å². The zero-order valence-electron chi connectivity index (χ0n) is 14.3. The smallest absolute Gasteiger partial charge is 0.245 e.